The molecule has 146 valence electrons. The third kappa shape index (κ3) is 3.53. The number of rotatable bonds is 4. The van der Waals surface area contributed by atoms with Gasteiger partial charge in [0.15, 0.2) is 9.84 Å². The average molecular weight is 405 g/mol. The van der Waals surface area contributed by atoms with Crippen LogP contribution in [0.1, 0.15) is 11.1 Å². The van der Waals surface area contributed by atoms with Gasteiger partial charge >= 0.3 is 0 Å². The van der Waals surface area contributed by atoms with Crippen molar-refractivity contribution in [3.05, 3.63) is 90.0 Å². The lowest BCUT2D eigenvalue weighted by Crippen LogP contribution is -2.31. The Bertz CT molecular complexity index is 1230. The van der Waals surface area contributed by atoms with E-state index in [4.69, 9.17) is 5.84 Å². The molecule has 7 heteroatoms. The molecule has 0 atom stereocenters. The van der Waals surface area contributed by atoms with E-state index in [0.29, 0.717) is 22.6 Å². The molecule has 3 aromatic carbocycles. The van der Waals surface area contributed by atoms with Gasteiger partial charge in [0.05, 0.1) is 21.9 Å². The quantitative estimate of drug-likeness (QED) is 0.395. The van der Waals surface area contributed by atoms with Crippen LogP contribution in [-0.2, 0) is 14.6 Å². The Morgan fingerprint density at radius 1 is 0.931 bits per heavy atom. The summed E-state index contributed by atoms with van der Waals surface area (Å²) in [6, 6.07) is 23.0. The number of benzene rings is 3. The summed E-state index contributed by atoms with van der Waals surface area (Å²) in [6.07, 6.45) is 1.14. The highest BCUT2D eigenvalue weighted by molar-refractivity contribution is 7.90. The topological polar surface area (TPSA) is 92.5 Å². The van der Waals surface area contributed by atoms with E-state index >= 15 is 0 Å². The molecule has 0 aliphatic carbocycles. The molecule has 29 heavy (non-hydrogen) atoms. The van der Waals surface area contributed by atoms with Crippen LogP contribution in [0.3, 0.4) is 0 Å². The number of sulfone groups is 1. The number of nitrogens with two attached hydrogens (primary N) is 1. The summed E-state index contributed by atoms with van der Waals surface area (Å²) in [4.78, 5) is 13.0. The van der Waals surface area contributed by atoms with Crippen LogP contribution in [0.15, 0.2) is 83.8 Å². The zero-order valence-corrected chi connectivity index (χ0v) is 16.5. The predicted molar refractivity (Wildman–Crippen MR) is 115 cm³/mol. The lowest BCUT2D eigenvalue weighted by molar-refractivity contribution is -0.110. The molecule has 1 aliphatic rings. The van der Waals surface area contributed by atoms with Crippen LogP contribution in [0.5, 0.6) is 0 Å². The summed E-state index contributed by atoms with van der Waals surface area (Å²) in [5, 5.41) is 4.23. The molecule has 4 rings (SSSR count). The number of hydrogen-bond acceptors (Lipinski definition) is 5. The fourth-order valence-electron chi connectivity index (χ4n) is 3.35. The highest BCUT2D eigenvalue weighted by atomic mass is 32.2. The molecule has 3 aromatic rings. The number of para-hydroxylation sites is 1. The summed E-state index contributed by atoms with van der Waals surface area (Å²) >= 11 is 0. The molecule has 0 unspecified atom stereocenters. The first-order valence-electron chi connectivity index (χ1n) is 8.91. The lowest BCUT2D eigenvalue weighted by Gasteiger charge is -2.24. The maximum atomic E-state index is 12.9. The van der Waals surface area contributed by atoms with Crippen molar-refractivity contribution in [2.24, 2.45) is 5.84 Å². The molecule has 0 spiro atoms. The van der Waals surface area contributed by atoms with E-state index < -0.39 is 9.84 Å². The molecule has 3 N–H and O–H groups in total. The van der Waals surface area contributed by atoms with E-state index in [-0.39, 0.29) is 10.8 Å². The van der Waals surface area contributed by atoms with Crippen LogP contribution < -0.4 is 16.2 Å². The SMILES string of the molecule is CS(=O)(=O)c1cccc(N(N)C(=C2C(=O)Nc3ccccc32)c2ccccc2)c1. The summed E-state index contributed by atoms with van der Waals surface area (Å²) in [5.41, 5.74) is 3.56. The Labute approximate surface area is 169 Å². The van der Waals surface area contributed by atoms with Crippen molar-refractivity contribution in [1.82, 2.24) is 0 Å². The molecule has 1 aliphatic heterocycles. The van der Waals surface area contributed by atoms with E-state index in [0.717, 1.165) is 17.4 Å². The molecular weight excluding hydrogens is 386 g/mol. The van der Waals surface area contributed by atoms with Crippen molar-refractivity contribution in [2.75, 3.05) is 16.6 Å². The maximum Gasteiger partial charge on any atom is 0.258 e. The predicted octanol–water partition coefficient (Wildman–Crippen LogP) is 3.29. The smallest absolute Gasteiger partial charge is 0.258 e. The van der Waals surface area contributed by atoms with Crippen molar-refractivity contribution in [3.63, 3.8) is 0 Å². The first kappa shape index (κ1) is 18.9. The molecule has 0 saturated heterocycles. The van der Waals surface area contributed by atoms with Crippen molar-refractivity contribution in [3.8, 4) is 0 Å². The summed E-state index contributed by atoms with van der Waals surface area (Å²) < 4.78 is 24.0. The zero-order chi connectivity index (χ0) is 20.6. The van der Waals surface area contributed by atoms with Crippen LogP contribution in [0.25, 0.3) is 11.3 Å². The van der Waals surface area contributed by atoms with Crippen molar-refractivity contribution >= 4 is 38.4 Å². The molecule has 0 aromatic heterocycles. The van der Waals surface area contributed by atoms with Gasteiger partial charge in [0.2, 0.25) is 0 Å². The van der Waals surface area contributed by atoms with Gasteiger partial charge in [-0.1, -0.05) is 54.6 Å². The molecule has 1 amide bonds. The van der Waals surface area contributed by atoms with E-state index in [9.17, 15) is 13.2 Å². The standard InChI is InChI=1S/C22H19N3O3S/c1-29(27,28)17-11-7-10-16(14-17)25(23)21(15-8-3-2-4-9-15)20-18-12-5-6-13-19(18)24-22(20)26/h2-14H,23H2,1H3,(H,24,26). The fraction of sp³-hybridized carbons (Fsp3) is 0.0455. The number of carbonyl (C=O) groups excluding carboxylic acids is 1. The van der Waals surface area contributed by atoms with Gasteiger partial charge in [0.25, 0.3) is 5.91 Å². The van der Waals surface area contributed by atoms with Gasteiger partial charge in [-0.25, -0.2) is 14.3 Å². The van der Waals surface area contributed by atoms with E-state index in [1.54, 1.807) is 12.1 Å². The second-order valence-corrected chi connectivity index (χ2v) is 8.74. The minimum absolute atomic E-state index is 0.152. The Hall–Kier alpha value is -3.42. The number of hydrazine groups is 1. The molecule has 0 saturated carbocycles. The van der Waals surface area contributed by atoms with Gasteiger partial charge in [0, 0.05) is 23.1 Å². The monoisotopic (exact) mass is 405 g/mol. The number of nitrogens with one attached hydrogen (secondary N) is 1. The Balaban J connectivity index is 1.96. The van der Waals surface area contributed by atoms with E-state index in [1.807, 2.05) is 54.6 Å². The number of nitrogens with zero attached hydrogens (tertiary/aromatic N) is 1. The number of carbonyl (C=O) groups is 1. The van der Waals surface area contributed by atoms with Gasteiger partial charge in [0.1, 0.15) is 0 Å². The normalized spacial score (nSPS) is 14.9. The van der Waals surface area contributed by atoms with Crippen molar-refractivity contribution in [2.45, 2.75) is 4.90 Å². The average Bonchev–Trinajstić information content (AvgIpc) is 3.04. The van der Waals surface area contributed by atoms with Gasteiger partial charge in [-0.05, 0) is 24.3 Å². The molecule has 1 heterocycles. The van der Waals surface area contributed by atoms with Crippen LogP contribution in [-0.4, -0.2) is 20.6 Å². The van der Waals surface area contributed by atoms with Gasteiger partial charge < -0.3 is 5.32 Å². The first-order chi connectivity index (χ1) is 13.9. The second-order valence-electron chi connectivity index (χ2n) is 6.73. The Morgan fingerprint density at radius 2 is 1.62 bits per heavy atom. The van der Waals surface area contributed by atoms with E-state index in [2.05, 4.69) is 5.32 Å². The molecule has 0 bridgehead atoms. The second kappa shape index (κ2) is 7.20. The Kier molecular flexibility index (Phi) is 4.70. The number of anilines is 2. The largest absolute Gasteiger partial charge is 0.321 e. The molecular formula is C22H19N3O3S. The van der Waals surface area contributed by atoms with E-state index in [1.165, 1.54) is 17.1 Å². The number of fused-ring (bicyclic) bond motifs is 1. The fourth-order valence-corrected chi connectivity index (χ4v) is 4.01. The lowest BCUT2D eigenvalue weighted by atomic mass is 9.99. The zero-order valence-electron chi connectivity index (χ0n) is 15.7. The highest BCUT2D eigenvalue weighted by Crippen LogP contribution is 2.39. The summed E-state index contributed by atoms with van der Waals surface area (Å²) in [5.74, 6) is 6.22. The van der Waals surface area contributed by atoms with Crippen LogP contribution in [0, 0.1) is 0 Å². The minimum atomic E-state index is -3.41. The third-order valence-electron chi connectivity index (χ3n) is 4.72. The molecule has 0 radical (unpaired) electrons. The highest BCUT2D eigenvalue weighted by Gasteiger charge is 2.30. The van der Waals surface area contributed by atoms with Crippen LogP contribution in [0.2, 0.25) is 0 Å². The molecule has 0 fully saturated rings. The maximum absolute atomic E-state index is 12.9. The summed E-state index contributed by atoms with van der Waals surface area (Å²) in [6.45, 7) is 0. The van der Waals surface area contributed by atoms with Gasteiger partial charge in [-0.3, -0.25) is 9.80 Å². The number of hydrogen-bond donors (Lipinski definition) is 2. The summed E-state index contributed by atoms with van der Waals surface area (Å²) in [7, 11) is -3.41. The third-order valence-corrected chi connectivity index (χ3v) is 5.83. The van der Waals surface area contributed by atoms with Crippen molar-refractivity contribution < 1.29 is 13.2 Å². The number of amides is 1. The van der Waals surface area contributed by atoms with Gasteiger partial charge in [-0.15, -0.1) is 0 Å². The van der Waals surface area contributed by atoms with Crippen LogP contribution >= 0.6 is 0 Å². The Morgan fingerprint density at radius 3 is 2.34 bits per heavy atom. The first-order valence-corrected chi connectivity index (χ1v) is 10.8. The van der Waals surface area contributed by atoms with Gasteiger partial charge in [-0.2, -0.15) is 0 Å². The van der Waals surface area contributed by atoms with Crippen LogP contribution in [0.4, 0.5) is 11.4 Å². The van der Waals surface area contributed by atoms with Crippen molar-refractivity contribution in [1.29, 1.82) is 0 Å². The molecule has 6 nitrogen and oxygen atoms in total. The minimum Gasteiger partial charge on any atom is -0.321 e.